The van der Waals surface area contributed by atoms with E-state index in [1.807, 2.05) is 0 Å². The second-order valence-corrected chi connectivity index (χ2v) is 4.73. The monoisotopic (exact) mass is 182 g/mol. The van der Waals surface area contributed by atoms with Crippen LogP contribution in [0.3, 0.4) is 0 Å². The maximum Gasteiger partial charge on any atom is 0.0612 e. The topological polar surface area (TPSA) is 9.23 Å². The Labute approximate surface area is 81.9 Å². The zero-order valence-electron chi connectivity index (χ0n) is 8.80. The van der Waals surface area contributed by atoms with Crippen molar-refractivity contribution < 1.29 is 4.74 Å². The van der Waals surface area contributed by atoms with Crippen molar-refractivity contribution in [2.75, 3.05) is 0 Å². The molecule has 0 radical (unpaired) electrons. The molecule has 0 aromatic rings. The summed E-state index contributed by atoms with van der Waals surface area (Å²) in [6, 6.07) is 0. The standard InChI is InChI=1S/C12H22O/c1-2-3-4-5-6-7-11-8-10-9-12(10)13-11/h10-12H,2-9H2,1H3/t10-,11+,12-/m1/s1. The summed E-state index contributed by atoms with van der Waals surface area (Å²) in [6.45, 7) is 2.27. The lowest BCUT2D eigenvalue weighted by Crippen LogP contribution is -2.08. The predicted octanol–water partition coefficient (Wildman–Crippen LogP) is 3.52. The van der Waals surface area contributed by atoms with Gasteiger partial charge in [-0.05, 0) is 25.2 Å². The summed E-state index contributed by atoms with van der Waals surface area (Å²) in [5, 5.41) is 0. The van der Waals surface area contributed by atoms with Gasteiger partial charge in [-0.2, -0.15) is 0 Å². The molecule has 0 unspecified atom stereocenters. The van der Waals surface area contributed by atoms with Crippen molar-refractivity contribution in [1.82, 2.24) is 0 Å². The lowest BCUT2D eigenvalue weighted by atomic mass is 10.1. The molecule has 2 aliphatic rings. The largest absolute Gasteiger partial charge is 0.375 e. The third-order valence-corrected chi connectivity index (χ3v) is 3.42. The summed E-state index contributed by atoms with van der Waals surface area (Å²) in [5.74, 6) is 0.973. The molecule has 0 bridgehead atoms. The van der Waals surface area contributed by atoms with Gasteiger partial charge >= 0.3 is 0 Å². The van der Waals surface area contributed by atoms with Gasteiger partial charge < -0.3 is 4.74 Å². The molecule has 1 saturated carbocycles. The summed E-state index contributed by atoms with van der Waals surface area (Å²) in [6.07, 6.45) is 12.4. The fraction of sp³-hybridized carbons (Fsp3) is 1.00. The first-order valence-corrected chi connectivity index (χ1v) is 6.05. The van der Waals surface area contributed by atoms with Gasteiger partial charge in [0.1, 0.15) is 0 Å². The molecule has 3 atom stereocenters. The van der Waals surface area contributed by atoms with Gasteiger partial charge in [0.25, 0.3) is 0 Å². The molecule has 0 amide bonds. The van der Waals surface area contributed by atoms with Crippen LogP contribution in [0.1, 0.15) is 58.3 Å². The number of unbranched alkanes of at least 4 members (excludes halogenated alkanes) is 4. The Hall–Kier alpha value is -0.0400. The molecule has 2 rings (SSSR count). The molecule has 1 aliphatic heterocycles. The van der Waals surface area contributed by atoms with Gasteiger partial charge in [0.15, 0.2) is 0 Å². The minimum Gasteiger partial charge on any atom is -0.375 e. The van der Waals surface area contributed by atoms with E-state index in [2.05, 4.69) is 6.92 Å². The lowest BCUT2D eigenvalue weighted by molar-refractivity contribution is 0.0656. The molecule has 2 fully saturated rings. The van der Waals surface area contributed by atoms with Gasteiger partial charge in [0.2, 0.25) is 0 Å². The van der Waals surface area contributed by atoms with Crippen LogP contribution >= 0.6 is 0 Å². The highest BCUT2D eigenvalue weighted by molar-refractivity contribution is 4.95. The number of rotatable bonds is 6. The van der Waals surface area contributed by atoms with Crippen molar-refractivity contribution in [2.45, 2.75) is 70.5 Å². The van der Waals surface area contributed by atoms with E-state index < -0.39 is 0 Å². The van der Waals surface area contributed by atoms with Crippen LogP contribution in [0.15, 0.2) is 0 Å². The predicted molar refractivity (Wildman–Crippen MR) is 54.8 cm³/mol. The first kappa shape index (κ1) is 9.51. The normalized spacial score (nSPS) is 36.2. The number of hydrogen-bond donors (Lipinski definition) is 0. The third-order valence-electron chi connectivity index (χ3n) is 3.42. The van der Waals surface area contributed by atoms with Crippen LogP contribution in [0, 0.1) is 5.92 Å². The average molecular weight is 182 g/mol. The van der Waals surface area contributed by atoms with E-state index >= 15 is 0 Å². The summed E-state index contributed by atoms with van der Waals surface area (Å²) in [5.41, 5.74) is 0. The summed E-state index contributed by atoms with van der Waals surface area (Å²) in [4.78, 5) is 0. The van der Waals surface area contributed by atoms with Crippen LogP contribution in [0.4, 0.5) is 0 Å². The van der Waals surface area contributed by atoms with Crippen molar-refractivity contribution in [3.63, 3.8) is 0 Å². The van der Waals surface area contributed by atoms with Gasteiger partial charge in [0, 0.05) is 0 Å². The van der Waals surface area contributed by atoms with Crippen LogP contribution in [0.2, 0.25) is 0 Å². The van der Waals surface area contributed by atoms with Gasteiger partial charge in [0.05, 0.1) is 12.2 Å². The third kappa shape index (κ3) is 2.70. The molecule has 1 aliphatic carbocycles. The zero-order valence-corrected chi connectivity index (χ0v) is 8.80. The second kappa shape index (κ2) is 4.45. The lowest BCUT2D eigenvalue weighted by Gasteiger charge is -2.11. The first-order valence-electron chi connectivity index (χ1n) is 6.05. The van der Waals surface area contributed by atoms with Crippen LogP contribution in [-0.4, -0.2) is 12.2 Å². The molecule has 1 saturated heterocycles. The van der Waals surface area contributed by atoms with Crippen LogP contribution in [0.5, 0.6) is 0 Å². The molecular weight excluding hydrogens is 160 g/mol. The van der Waals surface area contributed by atoms with Crippen LogP contribution < -0.4 is 0 Å². The fourth-order valence-electron chi connectivity index (χ4n) is 2.44. The van der Waals surface area contributed by atoms with Crippen molar-refractivity contribution in [2.24, 2.45) is 5.92 Å². The minimum atomic E-state index is 0.644. The van der Waals surface area contributed by atoms with Crippen LogP contribution in [0.25, 0.3) is 0 Å². The second-order valence-electron chi connectivity index (χ2n) is 4.73. The number of fused-ring (bicyclic) bond motifs is 1. The highest BCUT2D eigenvalue weighted by Crippen LogP contribution is 2.46. The average Bonchev–Trinajstić information content (AvgIpc) is 2.74. The smallest absolute Gasteiger partial charge is 0.0612 e. The SMILES string of the molecule is CCCCCCC[C@H]1C[C@@H]2C[C@H]2O1. The Morgan fingerprint density at radius 2 is 1.92 bits per heavy atom. The van der Waals surface area contributed by atoms with Crippen molar-refractivity contribution >= 4 is 0 Å². The Morgan fingerprint density at radius 1 is 1.08 bits per heavy atom. The van der Waals surface area contributed by atoms with Gasteiger partial charge in [-0.1, -0.05) is 39.0 Å². The van der Waals surface area contributed by atoms with E-state index in [1.165, 1.54) is 51.4 Å². The quantitative estimate of drug-likeness (QED) is 0.571. The molecule has 13 heavy (non-hydrogen) atoms. The van der Waals surface area contributed by atoms with E-state index in [-0.39, 0.29) is 0 Å². The molecule has 0 spiro atoms. The number of hydrogen-bond acceptors (Lipinski definition) is 1. The molecule has 1 heterocycles. The van der Waals surface area contributed by atoms with Gasteiger partial charge in [-0.15, -0.1) is 0 Å². The van der Waals surface area contributed by atoms with Gasteiger partial charge in [-0.25, -0.2) is 0 Å². The highest BCUT2D eigenvalue weighted by Gasteiger charge is 2.46. The zero-order chi connectivity index (χ0) is 9.10. The van der Waals surface area contributed by atoms with E-state index in [0.29, 0.717) is 12.2 Å². The molecule has 0 N–H and O–H groups in total. The van der Waals surface area contributed by atoms with E-state index in [4.69, 9.17) is 4.74 Å². The van der Waals surface area contributed by atoms with E-state index in [9.17, 15) is 0 Å². The maximum atomic E-state index is 5.84. The Bertz CT molecular complexity index is 145. The highest BCUT2D eigenvalue weighted by atomic mass is 16.5. The summed E-state index contributed by atoms with van der Waals surface area (Å²) in [7, 11) is 0. The van der Waals surface area contributed by atoms with Crippen molar-refractivity contribution in [3.8, 4) is 0 Å². The molecular formula is C12H22O. The maximum absolute atomic E-state index is 5.84. The minimum absolute atomic E-state index is 0.644. The van der Waals surface area contributed by atoms with E-state index in [0.717, 1.165) is 5.92 Å². The Balaban J connectivity index is 1.44. The molecule has 0 aromatic heterocycles. The Morgan fingerprint density at radius 3 is 2.62 bits per heavy atom. The first-order chi connectivity index (χ1) is 6.40. The molecule has 1 nitrogen and oxygen atoms in total. The Kier molecular flexibility index (Phi) is 3.26. The summed E-state index contributed by atoms with van der Waals surface area (Å²) >= 11 is 0. The van der Waals surface area contributed by atoms with Crippen LogP contribution in [-0.2, 0) is 4.74 Å². The fourth-order valence-corrected chi connectivity index (χ4v) is 2.44. The molecule has 76 valence electrons. The van der Waals surface area contributed by atoms with E-state index in [1.54, 1.807) is 0 Å². The van der Waals surface area contributed by atoms with Crippen molar-refractivity contribution in [1.29, 1.82) is 0 Å². The van der Waals surface area contributed by atoms with Gasteiger partial charge in [-0.3, -0.25) is 0 Å². The molecule has 1 heteroatoms. The number of ether oxygens (including phenoxy) is 1. The summed E-state index contributed by atoms with van der Waals surface area (Å²) < 4.78 is 5.84. The molecule has 0 aromatic carbocycles. The van der Waals surface area contributed by atoms with Crippen molar-refractivity contribution in [3.05, 3.63) is 0 Å².